The van der Waals surface area contributed by atoms with Gasteiger partial charge in [-0.3, -0.25) is 9.42 Å². The van der Waals surface area contributed by atoms with E-state index in [1.54, 1.807) is 20.8 Å². The molecule has 66 heavy (non-hydrogen) atoms. The highest BCUT2D eigenvalue weighted by molar-refractivity contribution is 7.47. The number of phosphoric acid groups is 2. The lowest BCUT2D eigenvalue weighted by molar-refractivity contribution is -0.901. The Kier molecular flexibility index (Phi) is 43.4. The summed E-state index contributed by atoms with van der Waals surface area (Å²) in [6, 6.07) is 0. The van der Waals surface area contributed by atoms with Crippen LogP contribution in [0, 0.1) is 0 Å². The van der Waals surface area contributed by atoms with Gasteiger partial charge in [0.1, 0.15) is 0 Å². The molecule has 0 bridgehead atoms. The summed E-state index contributed by atoms with van der Waals surface area (Å²) in [5, 5.41) is 166. The van der Waals surface area contributed by atoms with E-state index in [0.29, 0.717) is 0 Å². The van der Waals surface area contributed by atoms with E-state index in [-0.39, 0.29) is 0 Å². The second-order valence-electron chi connectivity index (χ2n) is 8.76. The van der Waals surface area contributed by atoms with Crippen molar-refractivity contribution in [1.82, 2.24) is 0 Å². The Morgan fingerprint density at radius 2 is 0.379 bits per heavy atom. The summed E-state index contributed by atoms with van der Waals surface area (Å²) in [7, 11) is -10.0. The van der Waals surface area contributed by atoms with Gasteiger partial charge in [0, 0.05) is 75.6 Å². The molecule has 0 saturated heterocycles. The molecule has 2 N–H and O–H groups in total. The first-order valence-corrected chi connectivity index (χ1v) is 16.1. The predicted octanol–water partition coefficient (Wildman–Crippen LogP) is -0.518. The minimum absolute atomic E-state index is 0.736. The monoisotopic (exact) mass is 1070 g/mol. The van der Waals surface area contributed by atoms with E-state index in [0.717, 1.165) is 0 Å². The van der Waals surface area contributed by atoms with Gasteiger partial charge in [0.25, 0.3) is 0 Å². The van der Waals surface area contributed by atoms with E-state index in [9.17, 15) is 14.0 Å². The molecule has 0 aromatic carbocycles. The normalized spacial score (nSPS) is 14.2. The molecule has 0 aliphatic heterocycles. The Labute approximate surface area is 348 Å². The second kappa shape index (κ2) is 44.5. The predicted molar refractivity (Wildman–Crippen MR) is 116 cm³/mol. The quantitative estimate of drug-likeness (QED) is 0.0335. The zero-order valence-corrected chi connectivity index (χ0v) is 32.6. The fourth-order valence-corrected chi connectivity index (χ4v) is 2.18. The molecule has 0 aromatic rings. The smallest absolute Gasteiger partial charge is 0.301 e. The van der Waals surface area contributed by atoms with Crippen molar-refractivity contribution < 1.29 is 279 Å². The molecule has 0 saturated carbocycles. The van der Waals surface area contributed by atoms with Crippen LogP contribution in [0.4, 0.5) is 0 Å². The van der Waals surface area contributed by atoms with Crippen molar-refractivity contribution in [2.75, 3.05) is 0 Å². The Bertz CT molecular complexity index is 1090. The maximum Gasteiger partial charge on any atom is 0.531 e. The molecule has 58 heteroatoms. The molecule has 2 atom stereocenters. The van der Waals surface area contributed by atoms with Crippen LogP contribution in [-0.4, -0.2) is 21.0 Å². The Morgan fingerprint density at radius 1 is 0.227 bits per heavy atom. The van der Waals surface area contributed by atoms with Crippen molar-refractivity contribution in [1.29, 1.82) is 0 Å². The highest BCUT2D eigenvalue weighted by atomic mass is 31.2. The van der Waals surface area contributed by atoms with Crippen molar-refractivity contribution in [3.05, 3.63) is 0 Å². The molecule has 0 aromatic heterocycles. The summed E-state index contributed by atoms with van der Waals surface area (Å²) in [6.45, 7) is 9.11. The average Bonchev–Trinajstić information content (AvgIpc) is 3.23. The summed E-state index contributed by atoms with van der Waals surface area (Å²) in [4.78, 5) is 22.8. The lowest BCUT2D eigenvalue weighted by Crippen LogP contribution is -2.19. The second-order valence-corrected chi connectivity index (χ2v) is 11.3. The minimum Gasteiger partial charge on any atom is -0.301 e. The van der Waals surface area contributed by atoms with Crippen LogP contribution in [0.15, 0.2) is 0 Å². The van der Waals surface area contributed by atoms with Gasteiger partial charge in [0.15, 0.2) is 0 Å². The topological polar surface area (TPSA) is 555 Å². The van der Waals surface area contributed by atoms with Crippen molar-refractivity contribution in [2.45, 2.75) is 52.7 Å². The molecule has 0 rings (SSSR count). The molecule has 0 radical (unpaired) electrons. The summed E-state index contributed by atoms with van der Waals surface area (Å²) >= 11 is 0. The number of rotatable bonds is 53. The first-order chi connectivity index (χ1) is 31.6. The number of hydrogen-bond donors (Lipinski definition) is 2. The van der Waals surface area contributed by atoms with Gasteiger partial charge < -0.3 is 4.89 Å². The van der Waals surface area contributed by atoms with Crippen LogP contribution in [0.25, 0.3) is 0 Å². The van der Waals surface area contributed by atoms with E-state index >= 15 is 0 Å². The van der Waals surface area contributed by atoms with Crippen LogP contribution in [0.1, 0.15) is 41.5 Å². The van der Waals surface area contributed by atoms with E-state index in [2.05, 4.69) is 260 Å². The van der Waals surface area contributed by atoms with Crippen LogP contribution >= 0.6 is 15.6 Å². The van der Waals surface area contributed by atoms with Gasteiger partial charge in [0.05, 0.1) is 11.2 Å². The number of phosphoric ester groups is 1. The third-order valence-corrected chi connectivity index (χ3v) is 3.82. The zero-order valence-electron chi connectivity index (χ0n) is 30.8. The fourth-order valence-electron chi connectivity index (χ4n) is 1.13. The van der Waals surface area contributed by atoms with Crippen LogP contribution in [-0.2, 0) is 269 Å². The summed E-state index contributed by atoms with van der Waals surface area (Å²) in [5.74, 6) is 0. The Morgan fingerprint density at radius 3 is 0.545 bits per heavy atom. The first-order valence-electron chi connectivity index (χ1n) is 13.1. The van der Waals surface area contributed by atoms with Gasteiger partial charge in [-0.05, 0) is 203 Å². The van der Waals surface area contributed by atoms with Crippen molar-refractivity contribution in [2.24, 2.45) is 0 Å². The SMILES string of the molecule is CC(C)(C)OOOOOOOOOOOOOOOOOOOOOOOOOP(=O)(O)OOOOOOOOOOOOOOOOOOOOOOOOOOP(=O)(O)OC(C)(C)C. The summed E-state index contributed by atoms with van der Waals surface area (Å²) in [6.07, 6.45) is 0. The third-order valence-electron chi connectivity index (χ3n) is 2.30. The largest absolute Gasteiger partial charge is 0.531 e. The van der Waals surface area contributed by atoms with Crippen LogP contribution in [0.5, 0.6) is 0 Å². The summed E-state index contributed by atoms with van der Waals surface area (Å²) < 4.78 is 38.0. The lowest BCUT2D eigenvalue weighted by atomic mass is 10.2. The Balaban J connectivity index is 3.28. The summed E-state index contributed by atoms with van der Waals surface area (Å²) in [5.41, 5.74) is -1.82. The highest BCUT2D eigenvalue weighted by Gasteiger charge is 2.31. The van der Waals surface area contributed by atoms with Crippen molar-refractivity contribution >= 4 is 15.6 Å². The maximum atomic E-state index is 11.3. The molecule has 0 fully saturated rings. The van der Waals surface area contributed by atoms with Crippen LogP contribution in [0.3, 0.4) is 0 Å². The molecule has 398 valence electrons. The van der Waals surface area contributed by atoms with Gasteiger partial charge in [-0.25, -0.2) is 9.13 Å². The van der Waals surface area contributed by atoms with Gasteiger partial charge in [-0.2, -0.15) is 4.89 Å². The highest BCUT2D eigenvalue weighted by Crippen LogP contribution is 2.47. The van der Waals surface area contributed by atoms with Gasteiger partial charge >= 0.3 is 15.6 Å². The zero-order chi connectivity index (χ0) is 48.8. The molecular weight excluding hydrogens is 1050 g/mol. The van der Waals surface area contributed by atoms with Gasteiger partial charge in [-0.1, -0.05) is 14.0 Å². The molecule has 2 unspecified atom stereocenters. The standard InChI is InChI=1S/C8H20O56P2/c1-7(2,3)13-15-16-17-18-19-20-21-22-23-24-25-26-29-33-36-39-42-45-48-51-54-57-60-63-66(11,12)64-61-58-55-52-49-46-43-40-37-34-31-28-27-30-32-35-38-41-44-47-50-53-56-59-62-65(9,10)14-8(4,5)6/h1-6H3,(H,9,10)(H,11,12). The third kappa shape index (κ3) is 54.9. The first kappa shape index (κ1) is 64.3. The lowest BCUT2D eigenvalue weighted by Gasteiger charge is -2.20. The number of hydrogen-bond acceptors (Lipinski definition) is 54. The van der Waals surface area contributed by atoms with Gasteiger partial charge in [-0.15, -0.1) is 0 Å². The molecular formula is C8H20O56P2. The van der Waals surface area contributed by atoms with E-state index in [1.807, 2.05) is 0 Å². The molecule has 0 aliphatic rings. The Hall–Kier alpha value is -1.70. The van der Waals surface area contributed by atoms with E-state index in [4.69, 9.17) is 4.89 Å². The van der Waals surface area contributed by atoms with E-state index < -0.39 is 26.8 Å². The molecule has 0 heterocycles. The maximum absolute atomic E-state index is 11.3. The van der Waals surface area contributed by atoms with Crippen molar-refractivity contribution in [3.63, 3.8) is 0 Å². The van der Waals surface area contributed by atoms with Crippen LogP contribution in [0.2, 0.25) is 0 Å². The molecule has 0 aliphatic carbocycles. The van der Waals surface area contributed by atoms with Crippen molar-refractivity contribution in [3.8, 4) is 0 Å². The molecule has 56 nitrogen and oxygen atoms in total. The molecule has 0 spiro atoms. The fraction of sp³-hybridized carbons (Fsp3) is 1.00. The minimum atomic E-state index is -5.34. The molecule has 0 amide bonds. The van der Waals surface area contributed by atoms with Crippen LogP contribution < -0.4 is 0 Å². The van der Waals surface area contributed by atoms with E-state index in [1.165, 1.54) is 20.8 Å². The van der Waals surface area contributed by atoms with Gasteiger partial charge in [0.2, 0.25) is 0 Å². The average molecular weight is 1070 g/mol.